The van der Waals surface area contributed by atoms with Crippen LogP contribution in [0.1, 0.15) is 54.6 Å². The summed E-state index contributed by atoms with van der Waals surface area (Å²) >= 11 is 0. The van der Waals surface area contributed by atoms with E-state index in [1.54, 1.807) is 18.2 Å². The van der Waals surface area contributed by atoms with Crippen LogP contribution < -0.4 is 10.6 Å². The fourth-order valence-corrected chi connectivity index (χ4v) is 3.29. The molecule has 3 rings (SSSR count). The molecule has 2 N–H and O–H groups in total. The Balaban J connectivity index is 1.53. The number of aromatic nitrogens is 2. The normalized spacial score (nSPS) is 15.3. The third-order valence-electron chi connectivity index (χ3n) is 4.75. The van der Waals surface area contributed by atoms with Gasteiger partial charge in [0, 0.05) is 18.7 Å². The maximum absolute atomic E-state index is 13.6. The summed E-state index contributed by atoms with van der Waals surface area (Å²) < 4.78 is 13.6. The highest BCUT2D eigenvalue weighted by Crippen LogP contribution is 2.17. The van der Waals surface area contributed by atoms with E-state index in [1.807, 2.05) is 6.07 Å². The molecule has 6 heteroatoms. The Morgan fingerprint density at radius 2 is 1.88 bits per heavy atom. The van der Waals surface area contributed by atoms with Crippen LogP contribution in [0.25, 0.3) is 0 Å². The van der Waals surface area contributed by atoms with Crippen LogP contribution in [0.15, 0.2) is 36.7 Å². The van der Waals surface area contributed by atoms with Gasteiger partial charge < -0.3 is 10.6 Å². The number of hydrogen-bond donors (Lipinski definition) is 2. The molecule has 5 nitrogen and oxygen atoms in total. The molecule has 0 atom stereocenters. The summed E-state index contributed by atoms with van der Waals surface area (Å²) in [6.07, 6.45) is 8.81. The predicted molar refractivity (Wildman–Crippen MR) is 99.6 cm³/mol. The average Bonchev–Trinajstić information content (AvgIpc) is 2.92. The van der Waals surface area contributed by atoms with E-state index < -0.39 is 0 Å². The number of carbonyl (C=O) groups is 1. The molecule has 26 heavy (non-hydrogen) atoms. The second kappa shape index (κ2) is 9.27. The number of nitrogens with zero attached hydrogens (tertiary/aromatic N) is 2. The van der Waals surface area contributed by atoms with Gasteiger partial charge in [-0.1, -0.05) is 43.9 Å². The molecule has 1 fully saturated rings. The third kappa shape index (κ3) is 5.25. The molecule has 1 aliphatic rings. The van der Waals surface area contributed by atoms with Crippen molar-refractivity contribution in [1.82, 2.24) is 15.3 Å². The van der Waals surface area contributed by atoms with E-state index in [1.165, 1.54) is 25.2 Å². The lowest BCUT2D eigenvalue weighted by atomic mass is 10.1. The number of anilines is 1. The van der Waals surface area contributed by atoms with Crippen LogP contribution in [0.5, 0.6) is 0 Å². The standard InChI is InChI=1S/C20H25FN4O/c21-17-10-6-5-7-15(17)11-12-22-19-13-18(23-14-24-19)20(26)25-16-8-3-1-2-4-9-16/h5-7,10,13-14,16H,1-4,8-9,11-12H2,(H,25,26)(H,22,23,24). The zero-order chi connectivity index (χ0) is 18.2. The SMILES string of the molecule is O=C(NC1CCCCCC1)c1cc(NCCc2ccccc2F)ncn1. The van der Waals surface area contributed by atoms with E-state index in [4.69, 9.17) is 0 Å². The van der Waals surface area contributed by atoms with Crippen LogP contribution in [-0.2, 0) is 6.42 Å². The van der Waals surface area contributed by atoms with Crippen LogP contribution in [0, 0.1) is 5.82 Å². The van der Waals surface area contributed by atoms with Gasteiger partial charge in [0.2, 0.25) is 0 Å². The molecule has 0 saturated heterocycles. The van der Waals surface area contributed by atoms with Crippen molar-refractivity contribution in [3.05, 3.63) is 53.7 Å². The second-order valence-corrected chi connectivity index (χ2v) is 6.72. The maximum atomic E-state index is 13.6. The average molecular weight is 356 g/mol. The zero-order valence-corrected chi connectivity index (χ0v) is 14.9. The van der Waals surface area contributed by atoms with Gasteiger partial charge in [0.15, 0.2) is 0 Å². The summed E-state index contributed by atoms with van der Waals surface area (Å²) in [5.74, 6) is 0.208. The monoisotopic (exact) mass is 356 g/mol. The Morgan fingerprint density at radius 3 is 2.65 bits per heavy atom. The largest absolute Gasteiger partial charge is 0.370 e. The van der Waals surface area contributed by atoms with Gasteiger partial charge in [-0.25, -0.2) is 14.4 Å². The van der Waals surface area contributed by atoms with Gasteiger partial charge >= 0.3 is 0 Å². The second-order valence-electron chi connectivity index (χ2n) is 6.72. The molecule has 0 spiro atoms. The number of nitrogens with one attached hydrogen (secondary N) is 2. The van der Waals surface area contributed by atoms with E-state index in [0.29, 0.717) is 30.0 Å². The van der Waals surface area contributed by atoms with Crippen molar-refractivity contribution >= 4 is 11.7 Å². The van der Waals surface area contributed by atoms with Gasteiger partial charge in [-0.2, -0.15) is 0 Å². The fraction of sp³-hybridized carbons (Fsp3) is 0.450. The minimum absolute atomic E-state index is 0.156. The summed E-state index contributed by atoms with van der Waals surface area (Å²) in [7, 11) is 0. The Kier molecular flexibility index (Phi) is 6.52. The Bertz CT molecular complexity index is 729. The molecule has 138 valence electrons. The third-order valence-corrected chi connectivity index (χ3v) is 4.75. The molecule has 1 saturated carbocycles. The van der Waals surface area contributed by atoms with Crippen molar-refractivity contribution in [3.8, 4) is 0 Å². The molecule has 1 aliphatic carbocycles. The van der Waals surface area contributed by atoms with Gasteiger partial charge in [0.05, 0.1) is 0 Å². The quantitative estimate of drug-likeness (QED) is 0.774. The van der Waals surface area contributed by atoms with Crippen molar-refractivity contribution in [1.29, 1.82) is 0 Å². The zero-order valence-electron chi connectivity index (χ0n) is 14.9. The van der Waals surface area contributed by atoms with Crippen molar-refractivity contribution in [2.75, 3.05) is 11.9 Å². The van der Waals surface area contributed by atoms with Crippen molar-refractivity contribution in [2.45, 2.75) is 51.0 Å². The number of carbonyl (C=O) groups excluding carboxylic acids is 1. The topological polar surface area (TPSA) is 66.9 Å². The summed E-state index contributed by atoms with van der Waals surface area (Å²) in [4.78, 5) is 20.7. The lowest BCUT2D eigenvalue weighted by Crippen LogP contribution is -2.35. The molecule has 1 amide bonds. The smallest absolute Gasteiger partial charge is 0.270 e. The van der Waals surface area contributed by atoms with Crippen LogP contribution in [0.4, 0.5) is 10.2 Å². The van der Waals surface area contributed by atoms with Crippen LogP contribution in [-0.4, -0.2) is 28.5 Å². The van der Waals surface area contributed by atoms with Gasteiger partial charge in [-0.15, -0.1) is 0 Å². The minimum atomic E-state index is -0.208. The first-order chi connectivity index (χ1) is 12.7. The number of rotatable bonds is 6. The first-order valence-corrected chi connectivity index (χ1v) is 9.32. The summed E-state index contributed by atoms with van der Waals surface area (Å²) in [5.41, 5.74) is 1.01. The molecule has 0 radical (unpaired) electrons. The van der Waals surface area contributed by atoms with Gasteiger partial charge in [-0.05, 0) is 30.9 Å². The summed E-state index contributed by atoms with van der Waals surface area (Å²) in [6, 6.07) is 8.60. The fourth-order valence-electron chi connectivity index (χ4n) is 3.29. The molecule has 0 unspecified atom stereocenters. The first-order valence-electron chi connectivity index (χ1n) is 9.32. The van der Waals surface area contributed by atoms with E-state index in [9.17, 15) is 9.18 Å². The maximum Gasteiger partial charge on any atom is 0.270 e. The first kappa shape index (κ1) is 18.3. The molecule has 1 aromatic heterocycles. The number of halogens is 1. The van der Waals surface area contributed by atoms with Gasteiger partial charge in [0.1, 0.15) is 23.7 Å². The van der Waals surface area contributed by atoms with Gasteiger partial charge in [0.25, 0.3) is 5.91 Å². The number of amides is 1. The number of benzene rings is 1. The van der Waals surface area contributed by atoms with E-state index >= 15 is 0 Å². The lowest BCUT2D eigenvalue weighted by molar-refractivity contribution is 0.0928. The van der Waals surface area contributed by atoms with Crippen LogP contribution in [0.2, 0.25) is 0 Å². The van der Waals surface area contributed by atoms with E-state index in [-0.39, 0.29) is 17.8 Å². The van der Waals surface area contributed by atoms with Crippen molar-refractivity contribution in [3.63, 3.8) is 0 Å². The van der Waals surface area contributed by atoms with E-state index in [2.05, 4.69) is 20.6 Å². The lowest BCUT2D eigenvalue weighted by Gasteiger charge is -2.16. The molecular formula is C20H25FN4O. The number of hydrogen-bond acceptors (Lipinski definition) is 4. The van der Waals surface area contributed by atoms with Crippen LogP contribution >= 0.6 is 0 Å². The predicted octanol–water partition coefficient (Wildman–Crippen LogP) is 3.72. The Labute approximate surface area is 153 Å². The Hall–Kier alpha value is -2.50. The van der Waals surface area contributed by atoms with E-state index in [0.717, 1.165) is 25.7 Å². The van der Waals surface area contributed by atoms with Crippen LogP contribution in [0.3, 0.4) is 0 Å². The minimum Gasteiger partial charge on any atom is -0.370 e. The summed E-state index contributed by atoms with van der Waals surface area (Å²) in [6.45, 7) is 0.529. The molecule has 0 bridgehead atoms. The molecule has 1 heterocycles. The molecular weight excluding hydrogens is 331 g/mol. The highest BCUT2D eigenvalue weighted by Gasteiger charge is 2.17. The van der Waals surface area contributed by atoms with Crippen molar-refractivity contribution < 1.29 is 9.18 Å². The molecule has 2 aromatic rings. The molecule has 0 aliphatic heterocycles. The van der Waals surface area contributed by atoms with Gasteiger partial charge in [-0.3, -0.25) is 4.79 Å². The molecule has 1 aromatic carbocycles. The van der Waals surface area contributed by atoms with Crippen molar-refractivity contribution in [2.24, 2.45) is 0 Å². The highest BCUT2D eigenvalue weighted by molar-refractivity contribution is 5.93. The highest BCUT2D eigenvalue weighted by atomic mass is 19.1. The Morgan fingerprint density at radius 1 is 1.12 bits per heavy atom. The summed E-state index contributed by atoms with van der Waals surface area (Å²) in [5, 5.41) is 6.22.